The maximum Gasteiger partial charge on any atom is 0.513 e. The molecule has 3 aromatic rings. The van der Waals surface area contributed by atoms with Crippen LogP contribution in [0.3, 0.4) is 0 Å². The van der Waals surface area contributed by atoms with Crippen molar-refractivity contribution >= 4 is 28.6 Å². The predicted octanol–water partition coefficient (Wildman–Crippen LogP) is 2.60. The van der Waals surface area contributed by atoms with Crippen molar-refractivity contribution in [3.8, 4) is 5.75 Å². The lowest BCUT2D eigenvalue weighted by Gasteiger charge is -2.05. The quantitative estimate of drug-likeness (QED) is 0.277. The van der Waals surface area contributed by atoms with Crippen LogP contribution in [-0.4, -0.2) is 27.7 Å². The van der Waals surface area contributed by atoms with E-state index in [1.165, 1.54) is 24.3 Å². The van der Waals surface area contributed by atoms with Crippen LogP contribution in [0.5, 0.6) is 5.75 Å². The van der Waals surface area contributed by atoms with Gasteiger partial charge in [-0.25, -0.2) is 9.59 Å². The Bertz CT molecular complexity index is 1160. The summed E-state index contributed by atoms with van der Waals surface area (Å²) in [5, 5.41) is 22.0. The number of nitro groups is 2. The molecule has 28 heavy (non-hydrogen) atoms. The zero-order valence-electron chi connectivity index (χ0n) is 14.2. The molecule has 1 aromatic heterocycles. The smallest absolute Gasteiger partial charge is 0.437 e. The zero-order chi connectivity index (χ0) is 20.4. The van der Waals surface area contributed by atoms with Gasteiger partial charge in [-0.2, -0.15) is 0 Å². The van der Waals surface area contributed by atoms with Crippen molar-refractivity contribution < 1.29 is 28.5 Å². The first kappa shape index (κ1) is 18.6. The summed E-state index contributed by atoms with van der Waals surface area (Å²) in [7, 11) is 1.14. The standard InChI is InChI=1S/C16H11N3O9/c1-26-16(21)27-10-3-5-14-13(7-10)17(15(20)28-14)8-9-2-4-11(18(22)23)12(6-9)19(24)25/h2-7H,8H2,1H3. The molecule has 12 nitrogen and oxygen atoms in total. The molecule has 0 aliphatic heterocycles. The van der Waals surface area contributed by atoms with Crippen molar-refractivity contribution in [1.82, 2.24) is 4.57 Å². The fraction of sp³-hybridized carbons (Fsp3) is 0.125. The van der Waals surface area contributed by atoms with Gasteiger partial charge in [-0.3, -0.25) is 24.8 Å². The van der Waals surface area contributed by atoms with Crippen LogP contribution in [0.25, 0.3) is 11.1 Å². The number of hydrogen-bond acceptors (Lipinski definition) is 9. The van der Waals surface area contributed by atoms with E-state index in [-0.39, 0.29) is 29.0 Å². The summed E-state index contributed by atoms with van der Waals surface area (Å²) < 4.78 is 15.5. The fourth-order valence-electron chi connectivity index (χ4n) is 2.54. The summed E-state index contributed by atoms with van der Waals surface area (Å²) in [6, 6.07) is 7.46. The number of carbonyl (C=O) groups excluding carboxylic acids is 1. The second kappa shape index (κ2) is 7.19. The third-order valence-corrected chi connectivity index (χ3v) is 3.78. The highest BCUT2D eigenvalue weighted by molar-refractivity contribution is 5.76. The normalized spacial score (nSPS) is 10.6. The molecule has 0 saturated carbocycles. The Kier molecular flexibility index (Phi) is 4.76. The van der Waals surface area contributed by atoms with E-state index in [4.69, 9.17) is 9.15 Å². The fourth-order valence-corrected chi connectivity index (χ4v) is 2.54. The van der Waals surface area contributed by atoms with Crippen molar-refractivity contribution in [2.75, 3.05) is 7.11 Å². The molecule has 2 aromatic carbocycles. The molecule has 144 valence electrons. The van der Waals surface area contributed by atoms with Crippen LogP contribution in [-0.2, 0) is 11.3 Å². The number of ether oxygens (including phenoxy) is 2. The van der Waals surface area contributed by atoms with Gasteiger partial charge in [0.1, 0.15) is 5.75 Å². The number of rotatable bonds is 5. The summed E-state index contributed by atoms with van der Waals surface area (Å²) in [4.78, 5) is 43.6. The number of methoxy groups -OCH3 is 1. The first-order chi connectivity index (χ1) is 13.3. The molecule has 0 fully saturated rings. The molecule has 1 heterocycles. The van der Waals surface area contributed by atoms with Crippen LogP contribution in [0, 0.1) is 20.2 Å². The third-order valence-electron chi connectivity index (χ3n) is 3.78. The van der Waals surface area contributed by atoms with Gasteiger partial charge in [-0.05, 0) is 23.8 Å². The van der Waals surface area contributed by atoms with Gasteiger partial charge < -0.3 is 13.9 Å². The number of hydrogen-bond donors (Lipinski definition) is 0. The van der Waals surface area contributed by atoms with Crippen LogP contribution < -0.4 is 10.5 Å². The van der Waals surface area contributed by atoms with Crippen molar-refractivity contribution in [2.45, 2.75) is 6.54 Å². The highest BCUT2D eigenvalue weighted by Gasteiger charge is 2.24. The lowest BCUT2D eigenvalue weighted by molar-refractivity contribution is -0.422. The Morgan fingerprint density at radius 1 is 1.11 bits per heavy atom. The van der Waals surface area contributed by atoms with E-state index in [9.17, 15) is 29.8 Å². The van der Waals surface area contributed by atoms with Crippen LogP contribution in [0.1, 0.15) is 5.56 Å². The van der Waals surface area contributed by atoms with E-state index >= 15 is 0 Å². The number of oxazole rings is 1. The Labute approximate surface area is 154 Å². The van der Waals surface area contributed by atoms with Crippen molar-refractivity contribution in [1.29, 1.82) is 0 Å². The Morgan fingerprint density at radius 3 is 2.46 bits per heavy atom. The van der Waals surface area contributed by atoms with E-state index in [1.54, 1.807) is 0 Å². The highest BCUT2D eigenvalue weighted by atomic mass is 16.7. The molecular formula is C16H11N3O9. The maximum atomic E-state index is 12.1. The number of fused-ring (bicyclic) bond motifs is 1. The van der Waals surface area contributed by atoms with E-state index < -0.39 is 33.1 Å². The van der Waals surface area contributed by atoms with Crippen molar-refractivity contribution in [2.24, 2.45) is 0 Å². The number of benzene rings is 2. The van der Waals surface area contributed by atoms with Crippen LogP contribution in [0.15, 0.2) is 45.6 Å². The lowest BCUT2D eigenvalue weighted by atomic mass is 10.1. The Hall–Kier alpha value is -4.22. The number of carbonyl (C=O) groups is 1. The summed E-state index contributed by atoms with van der Waals surface area (Å²) in [6.07, 6.45) is -0.956. The molecule has 0 aliphatic carbocycles. The minimum Gasteiger partial charge on any atom is -0.437 e. The summed E-state index contributed by atoms with van der Waals surface area (Å²) in [5.74, 6) is -0.671. The largest absolute Gasteiger partial charge is 0.513 e. The van der Waals surface area contributed by atoms with Crippen LogP contribution in [0.2, 0.25) is 0 Å². The predicted molar refractivity (Wildman–Crippen MR) is 92.4 cm³/mol. The minimum atomic E-state index is -0.956. The van der Waals surface area contributed by atoms with Gasteiger partial charge in [-0.1, -0.05) is 0 Å². The van der Waals surface area contributed by atoms with Gasteiger partial charge in [0.25, 0.3) is 0 Å². The molecule has 12 heteroatoms. The number of nitrogens with zero attached hydrogens (tertiary/aromatic N) is 3. The van der Waals surface area contributed by atoms with E-state index in [1.807, 2.05) is 0 Å². The average Bonchev–Trinajstić information content (AvgIpc) is 2.96. The maximum absolute atomic E-state index is 12.1. The van der Waals surface area contributed by atoms with Crippen molar-refractivity contribution in [3.63, 3.8) is 0 Å². The lowest BCUT2D eigenvalue weighted by Crippen LogP contribution is -2.15. The average molecular weight is 389 g/mol. The third kappa shape index (κ3) is 3.51. The minimum absolute atomic E-state index is 0.0866. The topological polar surface area (TPSA) is 157 Å². The Morgan fingerprint density at radius 2 is 1.82 bits per heavy atom. The first-order valence-corrected chi connectivity index (χ1v) is 7.61. The molecule has 0 spiro atoms. The summed E-state index contributed by atoms with van der Waals surface area (Å²) >= 11 is 0. The van der Waals surface area contributed by atoms with Crippen LogP contribution in [0.4, 0.5) is 16.2 Å². The molecule has 0 saturated heterocycles. The van der Waals surface area contributed by atoms with E-state index in [0.29, 0.717) is 0 Å². The van der Waals surface area contributed by atoms with Gasteiger partial charge in [-0.15, -0.1) is 0 Å². The molecule has 0 N–H and O–H groups in total. The van der Waals surface area contributed by atoms with Gasteiger partial charge in [0, 0.05) is 18.2 Å². The van der Waals surface area contributed by atoms with Gasteiger partial charge >= 0.3 is 23.3 Å². The Balaban J connectivity index is 2.03. The van der Waals surface area contributed by atoms with Gasteiger partial charge in [0.05, 0.1) is 29.0 Å². The summed E-state index contributed by atoms with van der Waals surface area (Å²) in [5.41, 5.74) is -0.641. The highest BCUT2D eigenvalue weighted by Crippen LogP contribution is 2.28. The first-order valence-electron chi connectivity index (χ1n) is 7.61. The van der Waals surface area contributed by atoms with E-state index in [2.05, 4.69) is 4.74 Å². The molecule has 3 rings (SSSR count). The van der Waals surface area contributed by atoms with Gasteiger partial charge in [0.2, 0.25) is 0 Å². The molecular weight excluding hydrogens is 378 g/mol. The molecule has 0 radical (unpaired) electrons. The zero-order valence-corrected chi connectivity index (χ0v) is 14.2. The molecule has 0 bridgehead atoms. The summed E-state index contributed by atoms with van der Waals surface area (Å²) in [6.45, 7) is -0.160. The van der Waals surface area contributed by atoms with Crippen molar-refractivity contribution in [3.05, 3.63) is 72.7 Å². The SMILES string of the molecule is COC(=O)Oc1ccc2oc(=O)n(Cc3ccc([N+](=O)[O-])c([N+](=O)[O-])c3)c2c1. The second-order valence-corrected chi connectivity index (χ2v) is 5.48. The van der Waals surface area contributed by atoms with Gasteiger partial charge in [0.15, 0.2) is 5.58 Å². The molecule has 0 atom stereocenters. The van der Waals surface area contributed by atoms with Crippen LogP contribution >= 0.6 is 0 Å². The second-order valence-electron chi connectivity index (χ2n) is 5.48. The molecule has 0 aliphatic rings. The van der Waals surface area contributed by atoms with E-state index in [0.717, 1.165) is 23.8 Å². The number of aromatic nitrogens is 1. The molecule has 0 unspecified atom stereocenters. The monoisotopic (exact) mass is 389 g/mol. The molecule has 0 amide bonds. The number of nitro benzene ring substituents is 2.